The van der Waals surface area contributed by atoms with Crippen molar-refractivity contribution in [1.29, 1.82) is 0 Å². The molecule has 128 valence electrons. The topological polar surface area (TPSA) is 68.1 Å². The Morgan fingerprint density at radius 2 is 1.73 bits per heavy atom. The van der Waals surface area contributed by atoms with Gasteiger partial charge in [-0.25, -0.2) is 4.98 Å². The molecule has 3 aromatic heterocycles. The Morgan fingerprint density at radius 1 is 0.962 bits per heavy atom. The molecule has 1 aromatic carbocycles. The fourth-order valence-corrected chi connectivity index (χ4v) is 2.92. The van der Waals surface area contributed by atoms with Crippen LogP contribution in [0.15, 0.2) is 73.2 Å². The van der Waals surface area contributed by atoms with E-state index in [0.717, 1.165) is 33.5 Å². The predicted molar refractivity (Wildman–Crippen MR) is 99.8 cm³/mol. The summed E-state index contributed by atoms with van der Waals surface area (Å²) in [5.74, 6) is 0.742. The van der Waals surface area contributed by atoms with Gasteiger partial charge in [-0.05, 0) is 48.0 Å². The van der Waals surface area contributed by atoms with Gasteiger partial charge in [-0.1, -0.05) is 12.1 Å². The number of hydrogen-bond acceptors (Lipinski definition) is 5. The van der Waals surface area contributed by atoms with Gasteiger partial charge >= 0.3 is 0 Å². The second-order valence-electron chi connectivity index (χ2n) is 5.87. The summed E-state index contributed by atoms with van der Waals surface area (Å²) in [6.45, 7) is 0. The molecule has 0 saturated carbocycles. The molecule has 0 aliphatic carbocycles. The molecule has 26 heavy (non-hydrogen) atoms. The van der Waals surface area contributed by atoms with Gasteiger partial charge in [0.2, 0.25) is 0 Å². The number of pyridine rings is 3. The fraction of sp³-hybridized carbons (Fsp3) is 0.0952. The summed E-state index contributed by atoms with van der Waals surface area (Å²) in [4.78, 5) is 13.2. The minimum Gasteiger partial charge on any atom is -0.497 e. The van der Waals surface area contributed by atoms with Crippen LogP contribution in [0.1, 0.15) is 17.4 Å². The van der Waals surface area contributed by atoms with Crippen LogP contribution in [-0.2, 0) is 0 Å². The quantitative estimate of drug-likeness (QED) is 0.611. The lowest BCUT2D eigenvalue weighted by Crippen LogP contribution is -2.05. The maximum absolute atomic E-state index is 11.0. The van der Waals surface area contributed by atoms with E-state index in [-0.39, 0.29) is 0 Å². The summed E-state index contributed by atoms with van der Waals surface area (Å²) in [6.07, 6.45) is 4.31. The molecule has 1 unspecified atom stereocenters. The highest BCUT2D eigenvalue weighted by molar-refractivity contribution is 5.85. The highest BCUT2D eigenvalue weighted by atomic mass is 16.5. The number of aromatic nitrogens is 3. The highest BCUT2D eigenvalue weighted by Gasteiger charge is 2.18. The molecule has 5 heteroatoms. The monoisotopic (exact) mass is 343 g/mol. The average Bonchev–Trinajstić information content (AvgIpc) is 2.73. The number of aliphatic hydroxyl groups is 1. The molecule has 1 N–H and O–H groups in total. The van der Waals surface area contributed by atoms with Crippen molar-refractivity contribution < 1.29 is 9.84 Å². The van der Waals surface area contributed by atoms with Crippen LogP contribution in [0.25, 0.3) is 22.2 Å². The van der Waals surface area contributed by atoms with Crippen LogP contribution in [0.5, 0.6) is 5.75 Å². The van der Waals surface area contributed by atoms with Crippen molar-refractivity contribution in [2.45, 2.75) is 6.10 Å². The van der Waals surface area contributed by atoms with Gasteiger partial charge in [0.05, 0.1) is 24.0 Å². The first kappa shape index (κ1) is 16.2. The van der Waals surface area contributed by atoms with Gasteiger partial charge < -0.3 is 9.84 Å². The van der Waals surface area contributed by atoms with Crippen molar-refractivity contribution in [1.82, 2.24) is 15.0 Å². The van der Waals surface area contributed by atoms with Gasteiger partial charge in [-0.2, -0.15) is 0 Å². The zero-order valence-corrected chi connectivity index (χ0v) is 14.2. The first-order valence-electron chi connectivity index (χ1n) is 8.24. The smallest absolute Gasteiger partial charge is 0.122 e. The Labute approximate surface area is 151 Å². The first-order valence-corrected chi connectivity index (χ1v) is 8.24. The molecule has 0 spiro atoms. The maximum atomic E-state index is 11.0. The third-order valence-electron chi connectivity index (χ3n) is 4.30. The molecule has 0 aliphatic heterocycles. The van der Waals surface area contributed by atoms with Crippen molar-refractivity contribution in [3.05, 3.63) is 84.4 Å². The molecule has 4 rings (SSSR count). The number of nitrogens with zero attached hydrogens (tertiary/aromatic N) is 3. The Bertz CT molecular complexity index is 1030. The second-order valence-corrected chi connectivity index (χ2v) is 5.87. The van der Waals surface area contributed by atoms with Gasteiger partial charge in [-0.15, -0.1) is 0 Å². The van der Waals surface area contributed by atoms with Crippen molar-refractivity contribution >= 4 is 10.9 Å². The van der Waals surface area contributed by atoms with Gasteiger partial charge in [-0.3, -0.25) is 9.97 Å². The molecular weight excluding hydrogens is 326 g/mol. The molecule has 1 atom stereocenters. The summed E-state index contributed by atoms with van der Waals surface area (Å²) in [5.41, 5.74) is 3.79. The number of aliphatic hydroxyl groups excluding tert-OH is 1. The summed E-state index contributed by atoms with van der Waals surface area (Å²) in [5, 5.41) is 11.8. The summed E-state index contributed by atoms with van der Waals surface area (Å²) in [7, 11) is 1.62. The van der Waals surface area contributed by atoms with Crippen molar-refractivity contribution in [3.63, 3.8) is 0 Å². The van der Waals surface area contributed by atoms with E-state index in [1.54, 1.807) is 25.7 Å². The van der Waals surface area contributed by atoms with E-state index in [4.69, 9.17) is 9.72 Å². The summed E-state index contributed by atoms with van der Waals surface area (Å²) in [6, 6.07) is 16.8. The summed E-state index contributed by atoms with van der Waals surface area (Å²) < 4.78 is 5.19. The van der Waals surface area contributed by atoms with Crippen LogP contribution in [-0.4, -0.2) is 27.2 Å². The Balaban J connectivity index is 1.86. The Morgan fingerprint density at radius 3 is 2.46 bits per heavy atom. The average molecular weight is 343 g/mol. The van der Waals surface area contributed by atoms with E-state index >= 15 is 0 Å². The van der Waals surface area contributed by atoms with Crippen LogP contribution < -0.4 is 4.74 Å². The number of methoxy groups -OCH3 is 1. The molecule has 4 aromatic rings. The second kappa shape index (κ2) is 6.90. The van der Waals surface area contributed by atoms with Gasteiger partial charge in [0, 0.05) is 29.5 Å². The highest BCUT2D eigenvalue weighted by Crippen LogP contribution is 2.30. The lowest BCUT2D eigenvalue weighted by Gasteiger charge is -2.15. The van der Waals surface area contributed by atoms with E-state index in [1.165, 1.54) is 0 Å². The Hall–Kier alpha value is -3.31. The standard InChI is InChI=1S/C21H17N3O2/c1-26-16-6-4-15(5-7-16)21(25)20-17-3-2-10-23-19(17)13-18(24-20)14-8-11-22-12-9-14/h2-13,21,25H,1H3. The Kier molecular flexibility index (Phi) is 4.29. The van der Waals surface area contributed by atoms with Gasteiger partial charge in [0.1, 0.15) is 11.9 Å². The SMILES string of the molecule is COc1ccc(C(O)c2nc(-c3ccncc3)cc3ncccc23)cc1. The molecule has 0 radical (unpaired) electrons. The molecule has 5 nitrogen and oxygen atoms in total. The van der Waals surface area contributed by atoms with Crippen LogP contribution in [0, 0.1) is 0 Å². The van der Waals surface area contributed by atoms with Crippen LogP contribution >= 0.6 is 0 Å². The van der Waals surface area contributed by atoms with Crippen LogP contribution in [0.2, 0.25) is 0 Å². The first-order chi connectivity index (χ1) is 12.8. The zero-order valence-electron chi connectivity index (χ0n) is 14.2. The van der Waals surface area contributed by atoms with Gasteiger partial charge in [0.25, 0.3) is 0 Å². The minimum atomic E-state index is -0.866. The van der Waals surface area contributed by atoms with E-state index in [9.17, 15) is 5.11 Å². The molecule has 0 fully saturated rings. The summed E-state index contributed by atoms with van der Waals surface area (Å²) >= 11 is 0. The zero-order chi connectivity index (χ0) is 17.9. The van der Waals surface area contributed by atoms with E-state index in [2.05, 4.69) is 9.97 Å². The lowest BCUT2D eigenvalue weighted by atomic mass is 10.0. The van der Waals surface area contributed by atoms with Crippen molar-refractivity contribution in [2.75, 3.05) is 7.11 Å². The number of fused-ring (bicyclic) bond motifs is 1. The van der Waals surface area contributed by atoms with Crippen molar-refractivity contribution in [2.24, 2.45) is 0 Å². The molecule has 0 aliphatic rings. The van der Waals surface area contributed by atoms with Crippen LogP contribution in [0.3, 0.4) is 0 Å². The molecule has 3 heterocycles. The maximum Gasteiger partial charge on any atom is 0.122 e. The van der Waals surface area contributed by atoms with Crippen molar-refractivity contribution in [3.8, 4) is 17.0 Å². The van der Waals surface area contributed by atoms with Gasteiger partial charge in [0.15, 0.2) is 0 Å². The lowest BCUT2D eigenvalue weighted by molar-refractivity contribution is 0.217. The third-order valence-corrected chi connectivity index (χ3v) is 4.30. The molecule has 0 bridgehead atoms. The number of rotatable bonds is 4. The van der Waals surface area contributed by atoms with E-state index in [1.807, 2.05) is 54.6 Å². The van der Waals surface area contributed by atoms with Crippen LogP contribution in [0.4, 0.5) is 0 Å². The number of ether oxygens (including phenoxy) is 1. The number of hydrogen-bond donors (Lipinski definition) is 1. The number of benzene rings is 1. The largest absolute Gasteiger partial charge is 0.497 e. The molecule has 0 saturated heterocycles. The third kappa shape index (κ3) is 3.00. The minimum absolute atomic E-state index is 0.576. The normalized spacial score (nSPS) is 12.1. The van der Waals surface area contributed by atoms with E-state index < -0.39 is 6.10 Å². The predicted octanol–water partition coefficient (Wildman–Crippen LogP) is 3.78. The van der Waals surface area contributed by atoms with E-state index in [0.29, 0.717) is 5.69 Å². The molecule has 0 amide bonds. The fourth-order valence-electron chi connectivity index (χ4n) is 2.92. The molecular formula is C21H17N3O2.